The van der Waals surface area contributed by atoms with Crippen molar-refractivity contribution < 1.29 is 5.11 Å². The molecule has 1 atom stereocenters. The molecule has 4 rings (SSSR count). The fourth-order valence-corrected chi connectivity index (χ4v) is 4.33. The molecule has 1 unspecified atom stereocenters. The highest BCUT2D eigenvalue weighted by atomic mass is 32.1. The maximum atomic E-state index is 13.0. The Hall–Kier alpha value is -2.36. The van der Waals surface area contributed by atoms with Crippen molar-refractivity contribution in [1.29, 1.82) is 0 Å². The second kappa shape index (κ2) is 7.94. The van der Waals surface area contributed by atoms with E-state index in [4.69, 9.17) is 4.98 Å². The van der Waals surface area contributed by atoms with Crippen LogP contribution in [0.15, 0.2) is 29.1 Å². The van der Waals surface area contributed by atoms with E-state index in [1.165, 1.54) is 11.5 Å². The summed E-state index contributed by atoms with van der Waals surface area (Å²) in [6, 6.07) is 7.40. The summed E-state index contributed by atoms with van der Waals surface area (Å²) in [4.78, 5) is 26.7. The van der Waals surface area contributed by atoms with Crippen molar-refractivity contribution >= 4 is 27.6 Å². The number of aliphatic hydroxyl groups excluding tert-OH is 1. The molecular formula is C19H24N6O2S. The molecule has 3 aromatic rings. The maximum Gasteiger partial charge on any atom is 0.261 e. The molecule has 0 aliphatic carbocycles. The van der Waals surface area contributed by atoms with E-state index >= 15 is 0 Å². The van der Waals surface area contributed by atoms with Gasteiger partial charge >= 0.3 is 0 Å². The first-order valence-electron chi connectivity index (χ1n) is 9.43. The van der Waals surface area contributed by atoms with Gasteiger partial charge in [-0.25, -0.2) is 9.97 Å². The molecule has 1 aliphatic heterocycles. The first-order valence-corrected chi connectivity index (χ1v) is 10.2. The molecule has 0 radical (unpaired) electrons. The third-order valence-corrected chi connectivity index (χ3v) is 5.98. The monoisotopic (exact) mass is 400 g/mol. The Morgan fingerprint density at radius 1 is 1.29 bits per heavy atom. The Labute approximate surface area is 167 Å². The van der Waals surface area contributed by atoms with Crippen LogP contribution >= 0.6 is 11.5 Å². The number of hydrogen-bond acceptors (Lipinski definition) is 8. The van der Waals surface area contributed by atoms with Gasteiger partial charge in [-0.2, -0.15) is 4.37 Å². The van der Waals surface area contributed by atoms with Crippen molar-refractivity contribution in [3.8, 4) is 0 Å². The largest absolute Gasteiger partial charge is 0.395 e. The SMILES string of the molecule is CN(C)c1nc(CN2CCCC2c2nc3ccccc3c(=O)n2CCO)ns1. The van der Waals surface area contributed by atoms with Crippen molar-refractivity contribution in [1.82, 2.24) is 23.8 Å². The van der Waals surface area contributed by atoms with Gasteiger partial charge in [-0.3, -0.25) is 14.3 Å². The van der Waals surface area contributed by atoms with Gasteiger partial charge in [-0.1, -0.05) is 12.1 Å². The van der Waals surface area contributed by atoms with Crippen LogP contribution in [0.4, 0.5) is 5.13 Å². The number of hydrogen-bond donors (Lipinski definition) is 1. The minimum atomic E-state index is -0.0977. The van der Waals surface area contributed by atoms with E-state index in [1.54, 1.807) is 10.6 Å². The average molecular weight is 401 g/mol. The molecule has 148 valence electrons. The number of anilines is 1. The molecule has 0 bridgehead atoms. The van der Waals surface area contributed by atoms with E-state index in [0.29, 0.717) is 17.4 Å². The van der Waals surface area contributed by atoms with Gasteiger partial charge in [0, 0.05) is 25.6 Å². The topological polar surface area (TPSA) is 87.4 Å². The molecule has 3 heterocycles. The molecule has 2 aromatic heterocycles. The Balaban J connectivity index is 1.70. The second-order valence-electron chi connectivity index (χ2n) is 7.18. The second-order valence-corrected chi connectivity index (χ2v) is 7.91. The smallest absolute Gasteiger partial charge is 0.261 e. The zero-order valence-electron chi connectivity index (χ0n) is 16.1. The van der Waals surface area contributed by atoms with Gasteiger partial charge in [0.1, 0.15) is 5.82 Å². The molecule has 8 nitrogen and oxygen atoms in total. The predicted molar refractivity (Wildman–Crippen MR) is 110 cm³/mol. The van der Waals surface area contributed by atoms with Gasteiger partial charge in [-0.05, 0) is 31.5 Å². The van der Waals surface area contributed by atoms with Crippen LogP contribution in [0.3, 0.4) is 0 Å². The molecule has 0 amide bonds. The lowest BCUT2D eigenvalue weighted by Gasteiger charge is -2.25. The lowest BCUT2D eigenvalue weighted by atomic mass is 10.1. The lowest BCUT2D eigenvalue weighted by Crippen LogP contribution is -2.33. The van der Waals surface area contributed by atoms with Crippen LogP contribution in [-0.2, 0) is 13.1 Å². The Kier molecular flexibility index (Phi) is 5.38. The molecule has 1 aliphatic rings. The third kappa shape index (κ3) is 3.52. The van der Waals surface area contributed by atoms with E-state index in [-0.39, 0.29) is 24.8 Å². The number of aliphatic hydroxyl groups is 1. The minimum absolute atomic E-state index is 0.00941. The summed E-state index contributed by atoms with van der Waals surface area (Å²) in [6.07, 6.45) is 1.94. The number of aromatic nitrogens is 4. The first kappa shape index (κ1) is 19.0. The maximum absolute atomic E-state index is 13.0. The fraction of sp³-hybridized carbons (Fsp3) is 0.474. The molecule has 9 heteroatoms. The normalized spacial score (nSPS) is 17.5. The molecule has 0 spiro atoms. The Morgan fingerprint density at radius 3 is 2.86 bits per heavy atom. The zero-order chi connectivity index (χ0) is 19.7. The summed E-state index contributed by atoms with van der Waals surface area (Å²) in [5, 5.41) is 11.0. The summed E-state index contributed by atoms with van der Waals surface area (Å²) in [5.74, 6) is 1.51. The summed E-state index contributed by atoms with van der Waals surface area (Å²) in [6.45, 7) is 1.68. The number of rotatable bonds is 6. The number of nitrogens with zero attached hydrogens (tertiary/aromatic N) is 6. The molecular weight excluding hydrogens is 376 g/mol. The molecule has 1 saturated heterocycles. The predicted octanol–water partition coefficient (Wildman–Crippen LogP) is 1.64. The van der Waals surface area contributed by atoms with Crippen LogP contribution < -0.4 is 10.5 Å². The highest BCUT2D eigenvalue weighted by molar-refractivity contribution is 7.09. The standard InChI is InChI=1S/C19H24N6O2S/c1-23(2)19-21-16(22-28-19)12-24-9-5-8-15(24)17-20-14-7-4-3-6-13(14)18(27)25(17)10-11-26/h3-4,6-7,15,26H,5,8-12H2,1-2H3. The van der Waals surface area contributed by atoms with E-state index in [2.05, 4.69) is 14.3 Å². The van der Waals surface area contributed by atoms with E-state index in [1.807, 2.05) is 37.2 Å². The van der Waals surface area contributed by atoms with Crippen molar-refractivity contribution in [2.75, 3.05) is 32.1 Å². The highest BCUT2D eigenvalue weighted by Gasteiger charge is 2.31. The molecule has 0 saturated carbocycles. The van der Waals surface area contributed by atoms with Crippen LogP contribution in [0, 0.1) is 0 Å². The average Bonchev–Trinajstić information content (AvgIpc) is 3.34. The van der Waals surface area contributed by atoms with Crippen molar-refractivity contribution in [3.05, 3.63) is 46.3 Å². The lowest BCUT2D eigenvalue weighted by molar-refractivity contribution is 0.219. The fourth-order valence-electron chi connectivity index (χ4n) is 3.74. The number of fused-ring (bicyclic) bond motifs is 1. The van der Waals surface area contributed by atoms with Gasteiger partial charge < -0.3 is 10.0 Å². The van der Waals surface area contributed by atoms with Crippen LogP contribution in [0.25, 0.3) is 10.9 Å². The number of likely N-dealkylation sites (tertiary alicyclic amines) is 1. The Morgan fingerprint density at radius 2 is 2.11 bits per heavy atom. The van der Waals surface area contributed by atoms with Gasteiger partial charge in [-0.15, -0.1) is 0 Å². The summed E-state index contributed by atoms with van der Waals surface area (Å²) in [5.41, 5.74) is 0.605. The van der Waals surface area contributed by atoms with Crippen LogP contribution in [0.1, 0.15) is 30.5 Å². The highest BCUT2D eigenvalue weighted by Crippen LogP contribution is 2.32. The third-order valence-electron chi connectivity index (χ3n) is 5.06. The summed E-state index contributed by atoms with van der Waals surface area (Å²) >= 11 is 1.39. The minimum Gasteiger partial charge on any atom is -0.395 e. The van der Waals surface area contributed by atoms with Gasteiger partial charge in [0.25, 0.3) is 5.56 Å². The van der Waals surface area contributed by atoms with Crippen LogP contribution in [0.5, 0.6) is 0 Å². The number of para-hydroxylation sites is 1. The van der Waals surface area contributed by atoms with Crippen LogP contribution in [0.2, 0.25) is 0 Å². The molecule has 1 fully saturated rings. The number of benzene rings is 1. The van der Waals surface area contributed by atoms with Gasteiger partial charge in [0.15, 0.2) is 5.82 Å². The molecule has 1 aromatic carbocycles. The zero-order valence-corrected chi connectivity index (χ0v) is 16.9. The van der Waals surface area contributed by atoms with E-state index < -0.39 is 0 Å². The summed E-state index contributed by atoms with van der Waals surface area (Å²) < 4.78 is 6.10. The Bertz CT molecular complexity index is 1030. The van der Waals surface area contributed by atoms with Crippen LogP contribution in [-0.4, -0.2) is 56.2 Å². The quantitative estimate of drug-likeness (QED) is 0.673. The first-order chi connectivity index (χ1) is 13.6. The van der Waals surface area contributed by atoms with Crippen molar-refractivity contribution in [3.63, 3.8) is 0 Å². The van der Waals surface area contributed by atoms with E-state index in [9.17, 15) is 9.90 Å². The van der Waals surface area contributed by atoms with Gasteiger partial charge in [0.05, 0.1) is 36.6 Å². The van der Waals surface area contributed by atoms with E-state index in [0.717, 1.165) is 36.2 Å². The molecule has 28 heavy (non-hydrogen) atoms. The van der Waals surface area contributed by atoms with Gasteiger partial charge in [0.2, 0.25) is 5.13 Å². The van der Waals surface area contributed by atoms with Crippen molar-refractivity contribution in [2.45, 2.75) is 32.0 Å². The van der Waals surface area contributed by atoms with Crippen molar-refractivity contribution in [2.24, 2.45) is 0 Å². The summed E-state index contributed by atoms with van der Waals surface area (Å²) in [7, 11) is 3.91. The molecule has 1 N–H and O–H groups in total.